The zero-order valence-electron chi connectivity index (χ0n) is 15.5. The summed E-state index contributed by atoms with van der Waals surface area (Å²) >= 11 is 0. The van der Waals surface area contributed by atoms with E-state index in [-0.39, 0.29) is 22.8 Å². The largest absolute Gasteiger partial charge is 0.433 e. The van der Waals surface area contributed by atoms with Gasteiger partial charge in [-0.15, -0.1) is 0 Å². The molecule has 4 rings (SSSR count). The zero-order chi connectivity index (χ0) is 20.8. The lowest BCUT2D eigenvalue weighted by Crippen LogP contribution is -2.31. The molecule has 0 aliphatic carbocycles. The number of hydrogen-bond acceptors (Lipinski definition) is 5. The predicted molar refractivity (Wildman–Crippen MR) is 97.5 cm³/mol. The minimum absolute atomic E-state index is 0.0399. The molecule has 0 radical (unpaired) electrons. The Kier molecular flexibility index (Phi) is 4.82. The van der Waals surface area contributed by atoms with Crippen molar-refractivity contribution in [2.75, 3.05) is 6.54 Å². The smallest absolute Gasteiger partial charge is 0.263 e. The molecule has 0 aromatic carbocycles. The normalized spacial score (nSPS) is 18.6. The lowest BCUT2D eigenvalue weighted by atomic mass is 10.2. The lowest BCUT2D eigenvalue weighted by Gasteiger charge is -2.22. The minimum Gasteiger partial charge on any atom is -0.263 e. The Labute approximate surface area is 165 Å². The molecule has 7 nitrogen and oxygen atoms in total. The number of hydrogen-bond donors (Lipinski definition) is 0. The summed E-state index contributed by atoms with van der Waals surface area (Å²) in [4.78, 5) is 8.12. The van der Waals surface area contributed by atoms with Gasteiger partial charge in [0.05, 0.1) is 11.7 Å². The molecule has 0 saturated carbocycles. The minimum atomic E-state index is -4.61. The number of aryl methyl sites for hydroxylation is 1. The topological polar surface area (TPSA) is 80.5 Å². The third kappa shape index (κ3) is 3.48. The van der Waals surface area contributed by atoms with Crippen LogP contribution in [-0.4, -0.2) is 38.8 Å². The van der Waals surface area contributed by atoms with Gasteiger partial charge in [-0.1, -0.05) is 6.92 Å². The fourth-order valence-electron chi connectivity index (χ4n) is 3.55. The maximum absolute atomic E-state index is 13.5. The SMILES string of the molecule is CCc1cc(C(F)(F)F)n2nc(C3CCCN3S(=O)(=O)c3cccnc3)cc2n1. The highest BCUT2D eigenvalue weighted by atomic mass is 32.2. The van der Waals surface area contributed by atoms with Crippen LogP contribution in [0.1, 0.15) is 42.9 Å². The van der Waals surface area contributed by atoms with Crippen molar-refractivity contribution in [1.29, 1.82) is 0 Å². The Hall–Kier alpha value is -2.53. The summed E-state index contributed by atoms with van der Waals surface area (Å²) in [5.41, 5.74) is -0.327. The number of nitrogens with zero attached hydrogens (tertiary/aromatic N) is 5. The maximum atomic E-state index is 13.5. The Morgan fingerprint density at radius 1 is 1.28 bits per heavy atom. The van der Waals surface area contributed by atoms with Gasteiger partial charge in [-0.05, 0) is 37.5 Å². The van der Waals surface area contributed by atoms with Gasteiger partial charge in [-0.3, -0.25) is 4.98 Å². The van der Waals surface area contributed by atoms with E-state index < -0.39 is 27.9 Å². The van der Waals surface area contributed by atoms with Crippen LogP contribution >= 0.6 is 0 Å². The molecular formula is C18H18F3N5O2S. The standard InChI is InChI=1S/C18H18F3N5O2S/c1-2-12-9-16(18(19,20)21)26-17(23-12)10-14(24-26)15-6-4-8-25(15)29(27,28)13-5-3-7-22-11-13/h3,5,7,9-11,15H,2,4,6,8H2,1H3. The molecule has 1 saturated heterocycles. The van der Waals surface area contributed by atoms with E-state index in [0.29, 0.717) is 25.0 Å². The highest BCUT2D eigenvalue weighted by Gasteiger charge is 2.39. The molecule has 1 aliphatic rings. The van der Waals surface area contributed by atoms with Crippen molar-refractivity contribution >= 4 is 15.7 Å². The first-order valence-corrected chi connectivity index (χ1v) is 10.5. The summed E-state index contributed by atoms with van der Waals surface area (Å²) in [6.07, 6.45) is -0.497. The molecule has 4 heterocycles. The molecule has 0 spiro atoms. The van der Waals surface area contributed by atoms with Crippen molar-refractivity contribution in [3.8, 4) is 0 Å². The summed E-state index contributed by atoms with van der Waals surface area (Å²) in [5, 5.41) is 4.11. The second-order valence-corrected chi connectivity index (χ2v) is 8.68. The molecule has 29 heavy (non-hydrogen) atoms. The van der Waals surface area contributed by atoms with Crippen molar-refractivity contribution in [3.63, 3.8) is 0 Å². The molecule has 0 amide bonds. The maximum Gasteiger partial charge on any atom is 0.433 e. The summed E-state index contributed by atoms with van der Waals surface area (Å²) in [6.45, 7) is 1.98. The van der Waals surface area contributed by atoms with Crippen LogP contribution in [0.2, 0.25) is 0 Å². The van der Waals surface area contributed by atoms with Gasteiger partial charge in [-0.25, -0.2) is 17.9 Å². The van der Waals surface area contributed by atoms with E-state index in [0.717, 1.165) is 10.6 Å². The average molecular weight is 425 g/mol. The Morgan fingerprint density at radius 2 is 2.07 bits per heavy atom. The van der Waals surface area contributed by atoms with Crippen LogP contribution < -0.4 is 0 Å². The van der Waals surface area contributed by atoms with E-state index in [1.54, 1.807) is 6.92 Å². The number of aromatic nitrogens is 4. The van der Waals surface area contributed by atoms with Gasteiger partial charge in [0, 0.05) is 30.7 Å². The van der Waals surface area contributed by atoms with E-state index in [1.165, 1.54) is 34.9 Å². The summed E-state index contributed by atoms with van der Waals surface area (Å²) in [7, 11) is -3.85. The third-order valence-electron chi connectivity index (χ3n) is 4.94. The second kappa shape index (κ2) is 7.06. The number of sulfonamides is 1. The molecular weight excluding hydrogens is 407 g/mol. The van der Waals surface area contributed by atoms with Crippen LogP contribution in [0.25, 0.3) is 5.65 Å². The number of fused-ring (bicyclic) bond motifs is 1. The quantitative estimate of drug-likeness (QED) is 0.641. The Morgan fingerprint density at radius 3 is 2.72 bits per heavy atom. The van der Waals surface area contributed by atoms with Crippen molar-refractivity contribution < 1.29 is 21.6 Å². The molecule has 0 N–H and O–H groups in total. The molecule has 11 heteroatoms. The predicted octanol–water partition coefficient (Wildman–Crippen LogP) is 3.23. The van der Waals surface area contributed by atoms with Gasteiger partial charge in [0.15, 0.2) is 5.65 Å². The van der Waals surface area contributed by atoms with Crippen molar-refractivity contribution in [2.24, 2.45) is 0 Å². The van der Waals surface area contributed by atoms with Gasteiger partial charge in [-0.2, -0.15) is 22.6 Å². The monoisotopic (exact) mass is 425 g/mol. The first kappa shape index (κ1) is 19.8. The Balaban J connectivity index is 1.80. The second-order valence-electron chi connectivity index (χ2n) is 6.79. The van der Waals surface area contributed by atoms with E-state index in [2.05, 4.69) is 15.1 Å². The van der Waals surface area contributed by atoms with E-state index in [4.69, 9.17) is 0 Å². The number of rotatable bonds is 4. The number of pyridine rings is 1. The van der Waals surface area contributed by atoms with Crippen LogP contribution in [0.5, 0.6) is 0 Å². The highest BCUT2D eigenvalue weighted by Crippen LogP contribution is 2.37. The zero-order valence-corrected chi connectivity index (χ0v) is 16.3. The fourth-order valence-corrected chi connectivity index (χ4v) is 5.18. The van der Waals surface area contributed by atoms with Crippen molar-refractivity contribution in [1.82, 2.24) is 23.9 Å². The lowest BCUT2D eigenvalue weighted by molar-refractivity contribution is -0.142. The van der Waals surface area contributed by atoms with Crippen LogP contribution in [0, 0.1) is 0 Å². The van der Waals surface area contributed by atoms with Crippen LogP contribution in [0.15, 0.2) is 41.6 Å². The molecule has 3 aromatic heterocycles. The average Bonchev–Trinajstić information content (AvgIpc) is 3.33. The molecule has 3 aromatic rings. The molecule has 154 valence electrons. The van der Waals surface area contributed by atoms with Gasteiger partial charge < -0.3 is 0 Å². The van der Waals surface area contributed by atoms with Gasteiger partial charge in [0.2, 0.25) is 10.0 Å². The van der Waals surface area contributed by atoms with Crippen molar-refractivity contribution in [3.05, 3.63) is 53.7 Å². The summed E-state index contributed by atoms with van der Waals surface area (Å²) in [5.74, 6) is 0. The molecule has 1 fully saturated rings. The molecule has 0 bridgehead atoms. The van der Waals surface area contributed by atoms with Gasteiger partial charge >= 0.3 is 6.18 Å². The summed E-state index contributed by atoms with van der Waals surface area (Å²) < 4.78 is 68.6. The van der Waals surface area contributed by atoms with E-state index >= 15 is 0 Å². The Bertz CT molecular complexity index is 1150. The van der Waals surface area contributed by atoms with Crippen LogP contribution in [0.3, 0.4) is 0 Å². The molecule has 1 aliphatic heterocycles. The highest BCUT2D eigenvalue weighted by molar-refractivity contribution is 7.89. The first-order chi connectivity index (χ1) is 13.7. The van der Waals surface area contributed by atoms with Gasteiger partial charge in [0.25, 0.3) is 0 Å². The van der Waals surface area contributed by atoms with Gasteiger partial charge in [0.1, 0.15) is 10.6 Å². The fraction of sp³-hybridized carbons (Fsp3) is 0.389. The molecule has 1 atom stereocenters. The van der Waals surface area contributed by atoms with E-state index in [9.17, 15) is 21.6 Å². The van der Waals surface area contributed by atoms with E-state index in [1.807, 2.05) is 0 Å². The first-order valence-electron chi connectivity index (χ1n) is 9.10. The van der Waals surface area contributed by atoms with Crippen molar-refractivity contribution in [2.45, 2.75) is 43.3 Å². The third-order valence-corrected chi connectivity index (χ3v) is 6.83. The number of halogens is 3. The number of alkyl halides is 3. The molecule has 1 unspecified atom stereocenters. The van der Waals surface area contributed by atoms with Crippen LogP contribution in [-0.2, 0) is 22.6 Å². The van der Waals surface area contributed by atoms with Crippen LogP contribution in [0.4, 0.5) is 13.2 Å². The summed E-state index contributed by atoms with van der Waals surface area (Å²) in [6, 6.07) is 4.72.